The predicted octanol–water partition coefficient (Wildman–Crippen LogP) is 1.78. The second kappa shape index (κ2) is 6.26. The summed E-state index contributed by atoms with van der Waals surface area (Å²) in [5.41, 5.74) is 1.42. The summed E-state index contributed by atoms with van der Waals surface area (Å²) in [4.78, 5) is 21.6. The number of pyridine rings is 1. The van der Waals surface area contributed by atoms with Gasteiger partial charge in [0.15, 0.2) is 0 Å². The number of ether oxygens (including phenoxy) is 1. The third-order valence-corrected chi connectivity index (χ3v) is 4.84. The molecule has 2 aromatic rings. The monoisotopic (exact) mass is 311 g/mol. The van der Waals surface area contributed by atoms with E-state index in [1.165, 1.54) is 0 Å². The second-order valence-corrected chi connectivity index (χ2v) is 6.23. The van der Waals surface area contributed by atoms with Gasteiger partial charge in [0.05, 0.1) is 12.1 Å². The van der Waals surface area contributed by atoms with Crippen LogP contribution in [0.15, 0.2) is 36.4 Å². The van der Waals surface area contributed by atoms with Crippen molar-refractivity contribution in [1.29, 1.82) is 0 Å². The first-order valence-corrected chi connectivity index (χ1v) is 8.28. The molecule has 0 spiro atoms. The van der Waals surface area contributed by atoms with E-state index in [9.17, 15) is 4.79 Å². The van der Waals surface area contributed by atoms with Crippen LogP contribution in [0.1, 0.15) is 16.9 Å². The SMILES string of the molecule is O=C(c1ccc2ccccc2n1)N1CCN(C2CCOC2)CC1. The van der Waals surface area contributed by atoms with Crippen molar-refractivity contribution in [2.24, 2.45) is 0 Å². The molecule has 1 aromatic carbocycles. The van der Waals surface area contributed by atoms with Gasteiger partial charge in [-0.15, -0.1) is 0 Å². The quantitative estimate of drug-likeness (QED) is 0.848. The Morgan fingerprint density at radius 2 is 1.91 bits per heavy atom. The molecule has 2 saturated heterocycles. The first kappa shape index (κ1) is 14.6. The molecule has 0 bridgehead atoms. The van der Waals surface area contributed by atoms with Crippen LogP contribution in [0, 0.1) is 0 Å². The average molecular weight is 311 g/mol. The number of nitrogens with zero attached hydrogens (tertiary/aromatic N) is 3. The highest BCUT2D eigenvalue weighted by atomic mass is 16.5. The lowest BCUT2D eigenvalue weighted by atomic mass is 10.1. The lowest BCUT2D eigenvalue weighted by molar-refractivity contribution is 0.0544. The summed E-state index contributed by atoms with van der Waals surface area (Å²) in [5, 5.41) is 1.06. The van der Waals surface area contributed by atoms with Gasteiger partial charge in [-0.25, -0.2) is 4.98 Å². The summed E-state index contributed by atoms with van der Waals surface area (Å²) in [7, 11) is 0. The van der Waals surface area contributed by atoms with Crippen LogP contribution >= 0.6 is 0 Å². The van der Waals surface area contributed by atoms with E-state index in [0.717, 1.165) is 56.7 Å². The van der Waals surface area contributed by atoms with Crippen molar-refractivity contribution in [3.8, 4) is 0 Å². The van der Waals surface area contributed by atoms with E-state index in [0.29, 0.717) is 11.7 Å². The molecule has 1 unspecified atom stereocenters. The van der Waals surface area contributed by atoms with Crippen molar-refractivity contribution in [2.75, 3.05) is 39.4 Å². The molecule has 0 aliphatic carbocycles. The molecule has 3 heterocycles. The van der Waals surface area contributed by atoms with Crippen LogP contribution in [0.25, 0.3) is 10.9 Å². The molecule has 5 heteroatoms. The Morgan fingerprint density at radius 3 is 2.70 bits per heavy atom. The van der Waals surface area contributed by atoms with Crippen molar-refractivity contribution >= 4 is 16.8 Å². The fourth-order valence-corrected chi connectivity index (χ4v) is 3.45. The molecule has 4 rings (SSSR count). The van der Waals surface area contributed by atoms with E-state index in [1.807, 2.05) is 41.3 Å². The highest BCUT2D eigenvalue weighted by Crippen LogP contribution is 2.17. The second-order valence-electron chi connectivity index (χ2n) is 6.23. The van der Waals surface area contributed by atoms with E-state index in [4.69, 9.17) is 4.74 Å². The van der Waals surface area contributed by atoms with Gasteiger partial charge in [-0.2, -0.15) is 0 Å². The minimum absolute atomic E-state index is 0.0399. The summed E-state index contributed by atoms with van der Waals surface area (Å²) < 4.78 is 5.46. The van der Waals surface area contributed by atoms with E-state index < -0.39 is 0 Å². The fraction of sp³-hybridized carbons (Fsp3) is 0.444. The number of carbonyl (C=O) groups is 1. The normalized spacial score (nSPS) is 22.6. The zero-order valence-corrected chi connectivity index (χ0v) is 13.1. The Morgan fingerprint density at radius 1 is 1.09 bits per heavy atom. The maximum absolute atomic E-state index is 12.7. The standard InChI is InChI=1S/C18H21N3O2/c22-18(17-6-5-14-3-1-2-4-16(14)19-17)21-10-8-20(9-11-21)15-7-12-23-13-15/h1-6,15H,7-13H2. The summed E-state index contributed by atoms with van der Waals surface area (Å²) in [6.45, 7) is 5.08. The third-order valence-electron chi connectivity index (χ3n) is 4.84. The molecule has 23 heavy (non-hydrogen) atoms. The van der Waals surface area contributed by atoms with Gasteiger partial charge in [0.2, 0.25) is 0 Å². The van der Waals surface area contributed by atoms with Crippen molar-refractivity contribution in [3.63, 3.8) is 0 Å². The molecule has 5 nitrogen and oxygen atoms in total. The van der Waals surface area contributed by atoms with E-state index >= 15 is 0 Å². The summed E-state index contributed by atoms with van der Waals surface area (Å²) in [6.07, 6.45) is 1.11. The van der Waals surface area contributed by atoms with Gasteiger partial charge in [0.25, 0.3) is 5.91 Å². The first-order valence-electron chi connectivity index (χ1n) is 8.28. The first-order chi connectivity index (χ1) is 11.3. The van der Waals surface area contributed by atoms with E-state index in [-0.39, 0.29) is 5.91 Å². The number of benzene rings is 1. The van der Waals surface area contributed by atoms with Gasteiger partial charge >= 0.3 is 0 Å². The minimum atomic E-state index is 0.0399. The van der Waals surface area contributed by atoms with Crippen LogP contribution in [0.2, 0.25) is 0 Å². The number of para-hydroxylation sites is 1. The molecule has 2 aliphatic heterocycles. The predicted molar refractivity (Wildman–Crippen MR) is 88.4 cm³/mol. The van der Waals surface area contributed by atoms with Crippen LogP contribution < -0.4 is 0 Å². The summed E-state index contributed by atoms with van der Waals surface area (Å²) in [6, 6.07) is 12.2. The fourth-order valence-electron chi connectivity index (χ4n) is 3.45. The molecule has 2 aliphatic rings. The molecule has 1 atom stereocenters. The van der Waals surface area contributed by atoms with Gasteiger partial charge in [-0.05, 0) is 18.6 Å². The molecule has 0 saturated carbocycles. The lowest BCUT2D eigenvalue weighted by Crippen LogP contribution is -2.52. The van der Waals surface area contributed by atoms with Crippen LogP contribution in [-0.4, -0.2) is 66.1 Å². The van der Waals surface area contributed by atoms with Crippen molar-refractivity contribution in [2.45, 2.75) is 12.5 Å². The minimum Gasteiger partial charge on any atom is -0.380 e. The topological polar surface area (TPSA) is 45.7 Å². The van der Waals surface area contributed by atoms with Crippen LogP contribution in [0.3, 0.4) is 0 Å². The highest BCUT2D eigenvalue weighted by molar-refractivity contribution is 5.95. The summed E-state index contributed by atoms with van der Waals surface area (Å²) in [5.74, 6) is 0.0399. The zero-order chi connectivity index (χ0) is 15.6. The Kier molecular flexibility index (Phi) is 3.97. The van der Waals surface area contributed by atoms with Crippen LogP contribution in [0.4, 0.5) is 0 Å². The molecule has 1 aromatic heterocycles. The lowest BCUT2D eigenvalue weighted by Gasteiger charge is -2.37. The maximum Gasteiger partial charge on any atom is 0.272 e. The number of aromatic nitrogens is 1. The third kappa shape index (κ3) is 2.94. The van der Waals surface area contributed by atoms with Gasteiger partial charge < -0.3 is 9.64 Å². The molecule has 0 radical (unpaired) electrons. The molecule has 1 amide bonds. The smallest absolute Gasteiger partial charge is 0.272 e. The molecule has 2 fully saturated rings. The van der Waals surface area contributed by atoms with E-state index in [2.05, 4.69) is 9.88 Å². The summed E-state index contributed by atoms with van der Waals surface area (Å²) >= 11 is 0. The number of fused-ring (bicyclic) bond motifs is 1. The maximum atomic E-state index is 12.7. The van der Waals surface area contributed by atoms with Gasteiger partial charge in [-0.1, -0.05) is 24.3 Å². The van der Waals surface area contributed by atoms with Crippen molar-refractivity contribution in [3.05, 3.63) is 42.1 Å². The largest absolute Gasteiger partial charge is 0.380 e. The number of amides is 1. The van der Waals surface area contributed by atoms with Crippen molar-refractivity contribution in [1.82, 2.24) is 14.8 Å². The number of rotatable bonds is 2. The Bertz CT molecular complexity index is 704. The highest BCUT2D eigenvalue weighted by Gasteiger charge is 2.29. The number of hydrogen-bond donors (Lipinski definition) is 0. The zero-order valence-electron chi connectivity index (χ0n) is 13.1. The Hall–Kier alpha value is -1.98. The Labute approximate surface area is 135 Å². The molecular formula is C18H21N3O2. The molecule has 0 N–H and O–H groups in total. The van der Waals surface area contributed by atoms with Crippen LogP contribution in [0.5, 0.6) is 0 Å². The molecule has 120 valence electrons. The number of hydrogen-bond acceptors (Lipinski definition) is 4. The van der Waals surface area contributed by atoms with Gasteiger partial charge in [-0.3, -0.25) is 9.69 Å². The number of piperazine rings is 1. The van der Waals surface area contributed by atoms with Gasteiger partial charge in [0, 0.05) is 44.2 Å². The van der Waals surface area contributed by atoms with Crippen molar-refractivity contribution < 1.29 is 9.53 Å². The average Bonchev–Trinajstić information content (AvgIpc) is 3.15. The number of carbonyl (C=O) groups excluding carboxylic acids is 1. The Balaban J connectivity index is 1.44. The van der Waals surface area contributed by atoms with Gasteiger partial charge in [0.1, 0.15) is 5.69 Å². The van der Waals surface area contributed by atoms with Crippen LogP contribution in [-0.2, 0) is 4.74 Å². The molecular weight excluding hydrogens is 290 g/mol. The van der Waals surface area contributed by atoms with E-state index in [1.54, 1.807) is 0 Å².